The first-order valence-electron chi connectivity index (χ1n) is 3.36. The second-order valence-corrected chi connectivity index (χ2v) is 2.32. The Bertz CT molecular complexity index is 95.1. The molecular formula is C7H16N2. The molecule has 2 nitrogen and oxygen atoms in total. The standard InChI is InChI=1S/C7H16N2/c1-5-6-8-7(2)9(3)4/h5-6H2,1-4H3/b8-7+. The van der Waals surface area contributed by atoms with E-state index in [1.54, 1.807) is 0 Å². The van der Waals surface area contributed by atoms with E-state index in [1.165, 1.54) is 0 Å². The van der Waals surface area contributed by atoms with Gasteiger partial charge in [0.15, 0.2) is 0 Å². The van der Waals surface area contributed by atoms with E-state index in [9.17, 15) is 0 Å². The molecule has 2 heteroatoms. The average Bonchev–Trinajstić information content (AvgIpc) is 1.82. The van der Waals surface area contributed by atoms with Crippen molar-refractivity contribution in [3.05, 3.63) is 0 Å². The van der Waals surface area contributed by atoms with Crippen LogP contribution in [0.25, 0.3) is 0 Å². The highest BCUT2D eigenvalue weighted by molar-refractivity contribution is 5.79. The molecule has 0 heterocycles. The van der Waals surface area contributed by atoms with Crippen molar-refractivity contribution in [1.29, 1.82) is 0 Å². The Hall–Kier alpha value is -0.530. The molecule has 0 aromatic heterocycles. The molecule has 54 valence electrons. The van der Waals surface area contributed by atoms with Crippen LogP contribution in [-0.2, 0) is 0 Å². The van der Waals surface area contributed by atoms with Gasteiger partial charge in [-0.1, -0.05) is 6.92 Å². The molecule has 0 aliphatic carbocycles. The van der Waals surface area contributed by atoms with Gasteiger partial charge in [0.1, 0.15) is 0 Å². The number of hydrogen-bond acceptors (Lipinski definition) is 1. The Morgan fingerprint density at radius 3 is 2.33 bits per heavy atom. The lowest BCUT2D eigenvalue weighted by Gasteiger charge is -2.10. The number of nitrogens with zero attached hydrogens (tertiary/aromatic N) is 2. The number of rotatable bonds is 2. The fourth-order valence-electron chi connectivity index (χ4n) is 0.415. The third kappa shape index (κ3) is 4.01. The summed E-state index contributed by atoms with van der Waals surface area (Å²) in [7, 11) is 4.02. The van der Waals surface area contributed by atoms with E-state index in [2.05, 4.69) is 11.9 Å². The van der Waals surface area contributed by atoms with Crippen molar-refractivity contribution in [3.63, 3.8) is 0 Å². The number of amidine groups is 1. The summed E-state index contributed by atoms with van der Waals surface area (Å²) in [6, 6.07) is 0. The molecule has 0 saturated carbocycles. The van der Waals surface area contributed by atoms with Crippen LogP contribution in [-0.4, -0.2) is 31.4 Å². The molecule has 0 N–H and O–H groups in total. The smallest absolute Gasteiger partial charge is 0.0952 e. The zero-order chi connectivity index (χ0) is 7.28. The first kappa shape index (κ1) is 8.47. The van der Waals surface area contributed by atoms with Crippen molar-refractivity contribution in [2.75, 3.05) is 20.6 Å². The molecule has 0 spiro atoms. The number of hydrogen-bond donors (Lipinski definition) is 0. The van der Waals surface area contributed by atoms with Crippen LogP contribution >= 0.6 is 0 Å². The first-order valence-corrected chi connectivity index (χ1v) is 3.36. The highest BCUT2D eigenvalue weighted by Crippen LogP contribution is 1.84. The maximum atomic E-state index is 4.28. The van der Waals surface area contributed by atoms with Gasteiger partial charge in [-0.05, 0) is 13.3 Å². The van der Waals surface area contributed by atoms with E-state index in [4.69, 9.17) is 0 Å². The Labute approximate surface area is 57.6 Å². The van der Waals surface area contributed by atoms with Gasteiger partial charge >= 0.3 is 0 Å². The van der Waals surface area contributed by atoms with Crippen LogP contribution in [0.2, 0.25) is 0 Å². The summed E-state index contributed by atoms with van der Waals surface area (Å²) in [5.41, 5.74) is 0. The Kier molecular flexibility index (Phi) is 4.10. The molecule has 0 unspecified atom stereocenters. The molecule has 9 heavy (non-hydrogen) atoms. The largest absolute Gasteiger partial charge is 0.367 e. The first-order chi connectivity index (χ1) is 4.18. The Balaban J connectivity index is 3.55. The normalized spacial score (nSPS) is 11.8. The second-order valence-electron chi connectivity index (χ2n) is 2.32. The predicted octanol–water partition coefficient (Wildman–Crippen LogP) is 1.38. The predicted molar refractivity (Wildman–Crippen MR) is 42.0 cm³/mol. The lowest BCUT2D eigenvalue weighted by atomic mass is 10.5. The van der Waals surface area contributed by atoms with Gasteiger partial charge < -0.3 is 4.90 Å². The molecule has 0 aliphatic heterocycles. The lowest BCUT2D eigenvalue weighted by molar-refractivity contribution is 0.613. The third-order valence-electron chi connectivity index (χ3n) is 1.21. The molecule has 0 fully saturated rings. The number of aliphatic imine (C=N–C) groups is 1. The van der Waals surface area contributed by atoms with Gasteiger partial charge in [0.25, 0.3) is 0 Å². The monoisotopic (exact) mass is 128 g/mol. The molecule has 0 radical (unpaired) electrons. The van der Waals surface area contributed by atoms with Gasteiger partial charge in [-0.15, -0.1) is 0 Å². The second kappa shape index (κ2) is 4.36. The SMILES string of the molecule is CCC/N=C(\C)N(C)C. The maximum absolute atomic E-state index is 4.28. The average molecular weight is 128 g/mol. The van der Waals surface area contributed by atoms with Crippen LogP contribution in [0.15, 0.2) is 4.99 Å². The van der Waals surface area contributed by atoms with Crippen molar-refractivity contribution in [3.8, 4) is 0 Å². The zero-order valence-corrected chi connectivity index (χ0v) is 6.81. The molecule has 0 atom stereocenters. The summed E-state index contributed by atoms with van der Waals surface area (Å²) < 4.78 is 0. The van der Waals surface area contributed by atoms with Crippen LogP contribution in [0, 0.1) is 0 Å². The van der Waals surface area contributed by atoms with E-state index in [0.717, 1.165) is 18.8 Å². The maximum Gasteiger partial charge on any atom is 0.0952 e. The Morgan fingerprint density at radius 2 is 2.00 bits per heavy atom. The van der Waals surface area contributed by atoms with Gasteiger partial charge in [-0.25, -0.2) is 0 Å². The van der Waals surface area contributed by atoms with E-state index in [0.29, 0.717) is 0 Å². The zero-order valence-electron chi connectivity index (χ0n) is 6.81. The van der Waals surface area contributed by atoms with Crippen molar-refractivity contribution >= 4 is 5.84 Å². The fourth-order valence-corrected chi connectivity index (χ4v) is 0.415. The molecule has 0 aromatic rings. The van der Waals surface area contributed by atoms with Crippen LogP contribution in [0.3, 0.4) is 0 Å². The summed E-state index contributed by atoms with van der Waals surface area (Å²) >= 11 is 0. The van der Waals surface area contributed by atoms with Gasteiger partial charge in [0, 0.05) is 20.6 Å². The molecule has 0 bridgehead atoms. The minimum absolute atomic E-state index is 0.948. The minimum Gasteiger partial charge on any atom is -0.367 e. The van der Waals surface area contributed by atoms with E-state index < -0.39 is 0 Å². The van der Waals surface area contributed by atoms with Crippen LogP contribution in [0.5, 0.6) is 0 Å². The van der Waals surface area contributed by atoms with Gasteiger partial charge in [0.05, 0.1) is 5.84 Å². The van der Waals surface area contributed by atoms with Crippen LogP contribution < -0.4 is 0 Å². The van der Waals surface area contributed by atoms with Crippen LogP contribution in [0.1, 0.15) is 20.3 Å². The summed E-state index contributed by atoms with van der Waals surface area (Å²) in [5, 5.41) is 0. The highest BCUT2D eigenvalue weighted by Gasteiger charge is 1.88. The Morgan fingerprint density at radius 1 is 1.44 bits per heavy atom. The van der Waals surface area contributed by atoms with E-state index >= 15 is 0 Å². The fraction of sp³-hybridized carbons (Fsp3) is 0.857. The molecular weight excluding hydrogens is 112 g/mol. The molecule has 0 aromatic carbocycles. The van der Waals surface area contributed by atoms with Crippen molar-refractivity contribution in [1.82, 2.24) is 4.90 Å². The molecule has 0 amide bonds. The third-order valence-corrected chi connectivity index (χ3v) is 1.21. The summed E-state index contributed by atoms with van der Waals surface area (Å²) in [6.07, 6.45) is 1.13. The van der Waals surface area contributed by atoms with E-state index in [-0.39, 0.29) is 0 Å². The lowest BCUT2D eigenvalue weighted by Crippen LogP contribution is -2.18. The topological polar surface area (TPSA) is 15.6 Å². The molecule has 0 rings (SSSR count). The van der Waals surface area contributed by atoms with Crippen LogP contribution in [0.4, 0.5) is 0 Å². The quantitative estimate of drug-likeness (QED) is 0.405. The summed E-state index contributed by atoms with van der Waals surface area (Å²) in [6.45, 7) is 5.10. The summed E-state index contributed by atoms with van der Waals surface area (Å²) in [5.74, 6) is 1.11. The van der Waals surface area contributed by atoms with Crippen molar-refractivity contribution < 1.29 is 0 Å². The van der Waals surface area contributed by atoms with Crippen molar-refractivity contribution in [2.24, 2.45) is 4.99 Å². The minimum atomic E-state index is 0.948. The van der Waals surface area contributed by atoms with E-state index in [1.807, 2.05) is 25.9 Å². The molecule has 0 aliphatic rings. The summed E-state index contributed by atoms with van der Waals surface area (Å²) in [4.78, 5) is 6.31. The van der Waals surface area contributed by atoms with Gasteiger partial charge in [-0.2, -0.15) is 0 Å². The van der Waals surface area contributed by atoms with Gasteiger partial charge in [-0.3, -0.25) is 4.99 Å². The van der Waals surface area contributed by atoms with Crippen molar-refractivity contribution in [2.45, 2.75) is 20.3 Å². The molecule has 0 saturated heterocycles. The van der Waals surface area contributed by atoms with Gasteiger partial charge in [0.2, 0.25) is 0 Å². The highest BCUT2D eigenvalue weighted by atomic mass is 15.1.